The zero-order chi connectivity index (χ0) is 16.6. The maximum atomic E-state index is 12.3. The molecule has 0 saturated heterocycles. The molecule has 2 aromatic heterocycles. The highest BCUT2D eigenvalue weighted by atomic mass is 79.9. The SMILES string of the molecule is Cc1ccc(C(=O)O)cc1NC(=O)c1cc2ncc(Br)cn2n1. The number of amides is 1. The number of carbonyl (C=O) groups excluding carboxylic acids is 1. The second-order valence-corrected chi connectivity index (χ2v) is 5.81. The molecular weight excluding hydrogens is 364 g/mol. The van der Waals surface area contributed by atoms with Crippen LogP contribution in [0.25, 0.3) is 5.65 Å². The van der Waals surface area contributed by atoms with Crippen molar-refractivity contribution in [2.75, 3.05) is 5.32 Å². The lowest BCUT2D eigenvalue weighted by Gasteiger charge is -2.08. The lowest BCUT2D eigenvalue weighted by Crippen LogP contribution is -2.14. The van der Waals surface area contributed by atoms with E-state index in [4.69, 9.17) is 5.11 Å². The first-order valence-corrected chi connectivity index (χ1v) is 7.39. The van der Waals surface area contributed by atoms with Crippen LogP contribution in [0.4, 0.5) is 5.69 Å². The first-order valence-electron chi connectivity index (χ1n) is 6.60. The third-order valence-corrected chi connectivity index (χ3v) is 3.66. The van der Waals surface area contributed by atoms with Crippen molar-refractivity contribution < 1.29 is 14.7 Å². The summed E-state index contributed by atoms with van der Waals surface area (Å²) < 4.78 is 2.23. The summed E-state index contributed by atoms with van der Waals surface area (Å²) in [7, 11) is 0. The Kier molecular flexibility index (Phi) is 3.83. The average molecular weight is 375 g/mol. The van der Waals surface area contributed by atoms with Gasteiger partial charge in [-0.25, -0.2) is 14.3 Å². The van der Waals surface area contributed by atoms with Gasteiger partial charge in [0.1, 0.15) is 0 Å². The number of hydrogen-bond acceptors (Lipinski definition) is 4. The zero-order valence-electron chi connectivity index (χ0n) is 11.9. The van der Waals surface area contributed by atoms with E-state index < -0.39 is 11.9 Å². The summed E-state index contributed by atoms with van der Waals surface area (Å²) >= 11 is 3.28. The van der Waals surface area contributed by atoms with Gasteiger partial charge < -0.3 is 10.4 Å². The number of aryl methyl sites for hydroxylation is 1. The molecule has 3 aromatic rings. The Labute approximate surface area is 139 Å². The van der Waals surface area contributed by atoms with Crippen LogP contribution in [0.15, 0.2) is 41.1 Å². The highest BCUT2D eigenvalue weighted by Crippen LogP contribution is 2.18. The molecule has 2 heterocycles. The largest absolute Gasteiger partial charge is 0.478 e. The Bertz CT molecular complexity index is 936. The number of hydrogen-bond donors (Lipinski definition) is 2. The second kappa shape index (κ2) is 5.81. The number of anilines is 1. The van der Waals surface area contributed by atoms with Crippen molar-refractivity contribution in [3.05, 3.63) is 58.0 Å². The standard InChI is InChI=1S/C15H11BrN4O3/c1-8-2-3-9(15(22)23)4-11(8)18-14(21)12-5-13-17-6-10(16)7-20(13)19-12/h2-7H,1H3,(H,18,21)(H,22,23). The lowest BCUT2D eigenvalue weighted by molar-refractivity contribution is 0.0696. The van der Waals surface area contributed by atoms with Crippen molar-refractivity contribution in [3.63, 3.8) is 0 Å². The van der Waals surface area contributed by atoms with E-state index in [0.717, 1.165) is 10.0 Å². The number of aromatic carboxylic acids is 1. The van der Waals surface area contributed by atoms with Crippen molar-refractivity contribution in [1.29, 1.82) is 0 Å². The van der Waals surface area contributed by atoms with Crippen LogP contribution in [0, 0.1) is 6.92 Å². The van der Waals surface area contributed by atoms with E-state index in [2.05, 4.69) is 31.3 Å². The summed E-state index contributed by atoms with van der Waals surface area (Å²) in [6.07, 6.45) is 3.30. The molecule has 0 radical (unpaired) electrons. The van der Waals surface area contributed by atoms with Crippen molar-refractivity contribution in [2.24, 2.45) is 0 Å². The van der Waals surface area contributed by atoms with Crippen LogP contribution in [-0.2, 0) is 0 Å². The molecule has 0 aliphatic heterocycles. The van der Waals surface area contributed by atoms with Gasteiger partial charge in [-0.15, -0.1) is 0 Å². The van der Waals surface area contributed by atoms with E-state index >= 15 is 0 Å². The van der Waals surface area contributed by atoms with Crippen molar-refractivity contribution in [2.45, 2.75) is 6.92 Å². The van der Waals surface area contributed by atoms with Gasteiger partial charge >= 0.3 is 5.97 Å². The van der Waals surface area contributed by atoms with Gasteiger partial charge in [0.15, 0.2) is 11.3 Å². The van der Waals surface area contributed by atoms with E-state index in [1.165, 1.54) is 16.6 Å². The van der Waals surface area contributed by atoms with E-state index in [0.29, 0.717) is 11.3 Å². The van der Waals surface area contributed by atoms with Crippen LogP contribution < -0.4 is 5.32 Å². The highest BCUT2D eigenvalue weighted by Gasteiger charge is 2.14. The van der Waals surface area contributed by atoms with Gasteiger partial charge in [0.05, 0.1) is 10.0 Å². The molecule has 23 heavy (non-hydrogen) atoms. The molecule has 0 spiro atoms. The fourth-order valence-electron chi connectivity index (χ4n) is 2.04. The Morgan fingerprint density at radius 2 is 2.09 bits per heavy atom. The summed E-state index contributed by atoms with van der Waals surface area (Å²) in [6.45, 7) is 1.78. The molecule has 0 fully saturated rings. The van der Waals surface area contributed by atoms with Crippen LogP contribution in [0.5, 0.6) is 0 Å². The Morgan fingerprint density at radius 3 is 2.83 bits per heavy atom. The van der Waals surface area contributed by atoms with Gasteiger partial charge in [-0.1, -0.05) is 6.07 Å². The molecule has 1 aromatic carbocycles. The van der Waals surface area contributed by atoms with Gasteiger partial charge in [0.2, 0.25) is 0 Å². The van der Waals surface area contributed by atoms with Crippen molar-refractivity contribution >= 4 is 39.1 Å². The fourth-order valence-corrected chi connectivity index (χ4v) is 2.34. The molecule has 8 heteroatoms. The summed E-state index contributed by atoms with van der Waals surface area (Å²) in [6, 6.07) is 6.10. The lowest BCUT2D eigenvalue weighted by atomic mass is 10.1. The monoisotopic (exact) mass is 374 g/mol. The molecule has 0 bridgehead atoms. The van der Waals surface area contributed by atoms with Gasteiger partial charge in [0.25, 0.3) is 5.91 Å². The Balaban J connectivity index is 1.91. The molecular formula is C15H11BrN4O3. The molecule has 116 valence electrons. The second-order valence-electron chi connectivity index (χ2n) is 4.89. The summed E-state index contributed by atoms with van der Waals surface area (Å²) in [4.78, 5) is 27.5. The number of nitrogens with one attached hydrogen (secondary N) is 1. The molecule has 2 N–H and O–H groups in total. The average Bonchev–Trinajstić information content (AvgIpc) is 2.92. The quantitative estimate of drug-likeness (QED) is 0.734. The number of aromatic nitrogens is 3. The van der Waals surface area contributed by atoms with E-state index in [1.807, 2.05) is 0 Å². The normalized spacial score (nSPS) is 10.7. The molecule has 7 nitrogen and oxygen atoms in total. The molecule has 0 aliphatic carbocycles. The third kappa shape index (κ3) is 3.07. The summed E-state index contributed by atoms with van der Waals surface area (Å²) in [5.41, 5.74) is 2.02. The number of carboxylic acids is 1. The predicted molar refractivity (Wildman–Crippen MR) is 86.8 cm³/mol. The Hall–Kier alpha value is -2.74. The van der Waals surface area contributed by atoms with Crippen LogP contribution in [-0.4, -0.2) is 31.6 Å². The molecule has 0 saturated carbocycles. The van der Waals surface area contributed by atoms with Crippen LogP contribution in [0.3, 0.4) is 0 Å². The minimum Gasteiger partial charge on any atom is -0.478 e. The van der Waals surface area contributed by atoms with Gasteiger partial charge in [-0.2, -0.15) is 5.10 Å². The number of carbonyl (C=O) groups is 2. The minimum atomic E-state index is -1.05. The molecule has 0 atom stereocenters. The molecule has 1 amide bonds. The van der Waals surface area contributed by atoms with Gasteiger partial charge in [-0.05, 0) is 40.5 Å². The topological polar surface area (TPSA) is 96.6 Å². The van der Waals surface area contributed by atoms with Crippen molar-refractivity contribution in [1.82, 2.24) is 14.6 Å². The highest BCUT2D eigenvalue weighted by molar-refractivity contribution is 9.10. The number of carboxylic acid groups (broad SMARTS) is 1. The number of halogens is 1. The summed E-state index contributed by atoms with van der Waals surface area (Å²) in [5, 5.41) is 15.9. The summed E-state index contributed by atoms with van der Waals surface area (Å²) in [5.74, 6) is -1.49. The minimum absolute atomic E-state index is 0.103. The number of rotatable bonds is 3. The van der Waals surface area contributed by atoms with Crippen LogP contribution in [0.1, 0.15) is 26.4 Å². The van der Waals surface area contributed by atoms with Crippen molar-refractivity contribution in [3.8, 4) is 0 Å². The first kappa shape index (κ1) is 15.2. The first-order chi connectivity index (χ1) is 10.9. The Morgan fingerprint density at radius 1 is 1.30 bits per heavy atom. The number of benzene rings is 1. The van der Waals surface area contributed by atoms with Crippen LogP contribution in [0.2, 0.25) is 0 Å². The maximum Gasteiger partial charge on any atom is 0.335 e. The van der Waals surface area contributed by atoms with Gasteiger partial charge in [0, 0.05) is 24.1 Å². The zero-order valence-corrected chi connectivity index (χ0v) is 13.5. The van der Waals surface area contributed by atoms with E-state index in [-0.39, 0.29) is 11.3 Å². The smallest absolute Gasteiger partial charge is 0.335 e. The fraction of sp³-hybridized carbons (Fsp3) is 0.0667. The van der Waals surface area contributed by atoms with Gasteiger partial charge in [-0.3, -0.25) is 4.79 Å². The number of fused-ring (bicyclic) bond motifs is 1. The maximum absolute atomic E-state index is 12.3. The molecule has 3 rings (SSSR count). The van der Waals surface area contributed by atoms with Crippen LogP contribution >= 0.6 is 15.9 Å². The predicted octanol–water partition coefficient (Wildman–Crippen LogP) is 2.75. The van der Waals surface area contributed by atoms with E-state index in [1.54, 1.807) is 31.5 Å². The third-order valence-electron chi connectivity index (χ3n) is 3.25. The molecule has 0 aliphatic rings. The molecule has 0 unspecified atom stereocenters. The number of nitrogens with zero attached hydrogens (tertiary/aromatic N) is 3. The van der Waals surface area contributed by atoms with E-state index in [9.17, 15) is 9.59 Å².